The van der Waals surface area contributed by atoms with Crippen LogP contribution in [0.15, 0.2) is 30.6 Å². The summed E-state index contributed by atoms with van der Waals surface area (Å²) in [5, 5.41) is 19.6. The molecule has 0 bridgehead atoms. The Labute approximate surface area is 102 Å². The Morgan fingerprint density at radius 2 is 2.33 bits per heavy atom. The maximum absolute atomic E-state index is 10.8. The fraction of sp³-hybridized carbons (Fsp3) is 0.0909. The van der Waals surface area contributed by atoms with E-state index in [1.54, 1.807) is 16.8 Å². The van der Waals surface area contributed by atoms with Gasteiger partial charge in [-0.1, -0.05) is 6.07 Å². The highest BCUT2D eigenvalue weighted by molar-refractivity contribution is 5.59. The summed E-state index contributed by atoms with van der Waals surface area (Å²) in [5.74, 6) is 0.259. The van der Waals surface area contributed by atoms with E-state index in [1.165, 1.54) is 18.3 Å². The zero-order valence-electron chi connectivity index (χ0n) is 9.28. The van der Waals surface area contributed by atoms with Gasteiger partial charge in [0.2, 0.25) is 5.82 Å². The number of nitrogens with zero attached hydrogens (tertiary/aromatic N) is 4. The quantitative estimate of drug-likeness (QED) is 0.496. The lowest BCUT2D eigenvalue weighted by Crippen LogP contribution is -2.03. The normalized spacial score (nSPS) is 9.94. The van der Waals surface area contributed by atoms with Crippen LogP contribution in [0.2, 0.25) is 0 Å². The molecule has 0 saturated carbocycles. The second-order valence-electron chi connectivity index (χ2n) is 3.64. The van der Waals surface area contributed by atoms with Crippen molar-refractivity contribution in [2.45, 2.75) is 6.54 Å². The van der Waals surface area contributed by atoms with Crippen LogP contribution in [0, 0.1) is 21.4 Å². The molecule has 2 aromatic rings. The molecule has 1 aromatic carbocycles. The van der Waals surface area contributed by atoms with Gasteiger partial charge in [0.1, 0.15) is 11.8 Å². The molecule has 0 spiro atoms. The third-order valence-electron chi connectivity index (χ3n) is 2.46. The van der Waals surface area contributed by atoms with Gasteiger partial charge in [-0.3, -0.25) is 10.1 Å². The highest BCUT2D eigenvalue weighted by atomic mass is 16.6. The van der Waals surface area contributed by atoms with Crippen LogP contribution >= 0.6 is 0 Å². The van der Waals surface area contributed by atoms with E-state index in [9.17, 15) is 10.1 Å². The molecule has 0 aliphatic carbocycles. The monoisotopic (exact) mass is 243 g/mol. The first-order valence-corrected chi connectivity index (χ1v) is 5.06. The number of anilines is 1. The van der Waals surface area contributed by atoms with Crippen molar-refractivity contribution in [3.8, 4) is 6.07 Å². The maximum Gasteiger partial charge on any atom is 0.292 e. The number of nitrogen functional groups attached to an aromatic ring is 1. The number of benzene rings is 1. The van der Waals surface area contributed by atoms with E-state index in [-0.39, 0.29) is 17.2 Å². The third kappa shape index (κ3) is 2.12. The van der Waals surface area contributed by atoms with Crippen molar-refractivity contribution in [2.75, 3.05) is 5.73 Å². The van der Waals surface area contributed by atoms with Gasteiger partial charge in [0.25, 0.3) is 5.69 Å². The van der Waals surface area contributed by atoms with E-state index in [0.717, 1.165) is 0 Å². The highest BCUT2D eigenvalue weighted by Crippen LogP contribution is 2.22. The van der Waals surface area contributed by atoms with Crippen LogP contribution in [-0.4, -0.2) is 14.5 Å². The lowest BCUT2D eigenvalue weighted by molar-refractivity contribution is -0.384. The van der Waals surface area contributed by atoms with Crippen LogP contribution in [0.3, 0.4) is 0 Å². The van der Waals surface area contributed by atoms with Crippen molar-refractivity contribution in [2.24, 2.45) is 0 Å². The SMILES string of the molecule is N#Cc1nccn1Cc1ccc(N)c([N+](=O)[O-])c1. The second kappa shape index (κ2) is 4.55. The standard InChI is InChI=1S/C11H9N5O2/c12-6-11-14-3-4-15(11)7-8-1-2-9(13)10(5-8)16(17)18/h1-5H,7,13H2. The first-order chi connectivity index (χ1) is 8.61. The zero-order valence-corrected chi connectivity index (χ0v) is 9.28. The molecule has 0 radical (unpaired) electrons. The van der Waals surface area contributed by atoms with Crippen molar-refractivity contribution in [1.82, 2.24) is 9.55 Å². The summed E-state index contributed by atoms with van der Waals surface area (Å²) in [6.07, 6.45) is 3.14. The molecule has 90 valence electrons. The van der Waals surface area contributed by atoms with Gasteiger partial charge in [0.15, 0.2) is 0 Å². The summed E-state index contributed by atoms with van der Waals surface area (Å²) in [6, 6.07) is 6.50. The van der Waals surface area contributed by atoms with Gasteiger partial charge in [-0.05, 0) is 11.6 Å². The van der Waals surface area contributed by atoms with Crippen LogP contribution in [0.25, 0.3) is 0 Å². The first-order valence-electron chi connectivity index (χ1n) is 5.06. The number of rotatable bonds is 3. The molecule has 7 heteroatoms. The van der Waals surface area contributed by atoms with Gasteiger partial charge in [0, 0.05) is 25.0 Å². The minimum atomic E-state index is -0.530. The second-order valence-corrected chi connectivity index (χ2v) is 3.64. The van der Waals surface area contributed by atoms with E-state index < -0.39 is 4.92 Å². The van der Waals surface area contributed by atoms with E-state index in [2.05, 4.69) is 4.98 Å². The smallest absolute Gasteiger partial charge is 0.292 e. The summed E-state index contributed by atoms with van der Waals surface area (Å²) in [5.41, 5.74) is 6.18. The number of nitrogens with two attached hydrogens (primary N) is 1. The maximum atomic E-state index is 10.8. The van der Waals surface area contributed by atoms with E-state index in [0.29, 0.717) is 12.1 Å². The Kier molecular flexibility index (Phi) is 2.93. The molecule has 2 N–H and O–H groups in total. The Balaban J connectivity index is 2.34. The molecule has 0 aliphatic heterocycles. The molecule has 0 atom stereocenters. The largest absolute Gasteiger partial charge is 0.393 e. The minimum Gasteiger partial charge on any atom is -0.393 e. The van der Waals surface area contributed by atoms with Gasteiger partial charge in [-0.2, -0.15) is 5.26 Å². The van der Waals surface area contributed by atoms with Gasteiger partial charge in [-0.15, -0.1) is 0 Å². The van der Waals surface area contributed by atoms with Crippen LogP contribution in [0.1, 0.15) is 11.4 Å². The Bertz CT molecular complexity index is 641. The fourth-order valence-corrected chi connectivity index (χ4v) is 1.59. The molecule has 0 fully saturated rings. The summed E-state index contributed by atoms with van der Waals surface area (Å²) in [7, 11) is 0. The average molecular weight is 243 g/mol. The summed E-state index contributed by atoms with van der Waals surface area (Å²) >= 11 is 0. The van der Waals surface area contributed by atoms with Gasteiger partial charge in [-0.25, -0.2) is 4.98 Å². The molecule has 1 heterocycles. The number of hydrogen-bond acceptors (Lipinski definition) is 5. The molecule has 0 unspecified atom stereocenters. The van der Waals surface area contributed by atoms with Crippen molar-refractivity contribution >= 4 is 11.4 Å². The molecular formula is C11H9N5O2. The average Bonchev–Trinajstić information content (AvgIpc) is 2.78. The molecule has 1 aromatic heterocycles. The molecule has 18 heavy (non-hydrogen) atoms. The van der Waals surface area contributed by atoms with E-state index in [1.807, 2.05) is 6.07 Å². The van der Waals surface area contributed by atoms with Crippen LogP contribution in [-0.2, 0) is 6.54 Å². The minimum absolute atomic E-state index is 0.120. The molecular weight excluding hydrogens is 234 g/mol. The number of hydrogen-bond donors (Lipinski definition) is 1. The van der Waals surface area contributed by atoms with E-state index >= 15 is 0 Å². The lowest BCUT2D eigenvalue weighted by Gasteiger charge is -2.05. The number of nitriles is 1. The Morgan fingerprint density at radius 1 is 1.56 bits per heavy atom. The molecule has 0 aliphatic rings. The van der Waals surface area contributed by atoms with Gasteiger partial charge < -0.3 is 10.3 Å². The van der Waals surface area contributed by atoms with E-state index in [4.69, 9.17) is 11.0 Å². The number of aromatic nitrogens is 2. The fourth-order valence-electron chi connectivity index (χ4n) is 1.59. The van der Waals surface area contributed by atoms with Crippen molar-refractivity contribution in [1.29, 1.82) is 5.26 Å². The first kappa shape index (κ1) is 11.6. The summed E-state index contributed by atoms with van der Waals surface area (Å²) in [4.78, 5) is 14.1. The lowest BCUT2D eigenvalue weighted by atomic mass is 10.1. The van der Waals surface area contributed by atoms with Gasteiger partial charge in [0.05, 0.1) is 4.92 Å². The molecule has 2 rings (SSSR count). The van der Waals surface area contributed by atoms with Crippen LogP contribution < -0.4 is 5.73 Å². The Hall–Kier alpha value is -2.88. The topological polar surface area (TPSA) is 111 Å². The molecule has 0 amide bonds. The van der Waals surface area contributed by atoms with Crippen molar-refractivity contribution < 1.29 is 4.92 Å². The highest BCUT2D eigenvalue weighted by Gasteiger charge is 2.12. The number of nitro groups is 1. The van der Waals surface area contributed by atoms with Crippen LogP contribution in [0.4, 0.5) is 11.4 Å². The third-order valence-corrected chi connectivity index (χ3v) is 2.46. The molecule has 7 nitrogen and oxygen atoms in total. The summed E-state index contributed by atoms with van der Waals surface area (Å²) < 4.78 is 1.61. The van der Waals surface area contributed by atoms with Crippen molar-refractivity contribution in [3.05, 3.63) is 52.1 Å². The molecule has 0 saturated heterocycles. The Morgan fingerprint density at radius 3 is 3.00 bits per heavy atom. The van der Waals surface area contributed by atoms with Crippen LogP contribution in [0.5, 0.6) is 0 Å². The van der Waals surface area contributed by atoms with Crippen molar-refractivity contribution in [3.63, 3.8) is 0 Å². The zero-order chi connectivity index (χ0) is 13.1. The predicted molar refractivity (Wildman–Crippen MR) is 63.6 cm³/mol. The number of nitro benzene ring substituents is 1. The summed E-state index contributed by atoms with van der Waals surface area (Å²) in [6.45, 7) is 0.337. The number of imidazole rings is 1. The predicted octanol–water partition coefficient (Wildman–Crippen LogP) is 1.29. The van der Waals surface area contributed by atoms with Gasteiger partial charge >= 0.3 is 0 Å².